The maximum Gasteiger partial charge on any atom is 0.230 e. The molecule has 2 atom stereocenters. The summed E-state index contributed by atoms with van der Waals surface area (Å²) in [4.78, 5) is 11.0. The SMILES string of the molecule is CC[C@H](S[C@@H](C)C(N)=O)c1ccccc1. The Labute approximate surface area is 95.2 Å². The first kappa shape index (κ1) is 12.1. The fourth-order valence-corrected chi connectivity index (χ4v) is 2.53. The lowest BCUT2D eigenvalue weighted by atomic mass is 10.1. The Morgan fingerprint density at radius 2 is 2.00 bits per heavy atom. The lowest BCUT2D eigenvalue weighted by Gasteiger charge is -2.17. The molecule has 1 rings (SSSR count). The molecule has 1 amide bonds. The van der Waals surface area contributed by atoms with Crippen LogP contribution in [0.1, 0.15) is 31.1 Å². The summed E-state index contributed by atoms with van der Waals surface area (Å²) in [6.45, 7) is 3.98. The van der Waals surface area contributed by atoms with E-state index in [1.54, 1.807) is 11.8 Å². The van der Waals surface area contributed by atoms with Crippen molar-refractivity contribution in [2.24, 2.45) is 5.73 Å². The molecule has 0 saturated heterocycles. The van der Waals surface area contributed by atoms with E-state index < -0.39 is 0 Å². The first-order valence-electron chi connectivity index (χ1n) is 5.14. The number of carbonyl (C=O) groups is 1. The second-order valence-corrected chi connectivity index (χ2v) is 5.04. The molecule has 0 unspecified atom stereocenters. The summed E-state index contributed by atoms with van der Waals surface area (Å²) in [7, 11) is 0. The molecule has 0 fully saturated rings. The van der Waals surface area contributed by atoms with Crippen LogP contribution in [-0.2, 0) is 4.79 Å². The molecule has 0 spiro atoms. The Morgan fingerprint density at radius 1 is 1.40 bits per heavy atom. The zero-order valence-electron chi connectivity index (χ0n) is 9.14. The molecule has 2 nitrogen and oxygen atoms in total. The van der Waals surface area contributed by atoms with E-state index in [1.165, 1.54) is 5.56 Å². The number of primary amides is 1. The van der Waals surface area contributed by atoms with Gasteiger partial charge in [0.25, 0.3) is 0 Å². The summed E-state index contributed by atoms with van der Waals surface area (Å²) in [6.07, 6.45) is 1.01. The van der Waals surface area contributed by atoms with Crippen LogP contribution in [0.3, 0.4) is 0 Å². The van der Waals surface area contributed by atoms with Crippen LogP contribution in [0.25, 0.3) is 0 Å². The highest BCUT2D eigenvalue weighted by Crippen LogP contribution is 2.34. The second-order valence-electron chi connectivity index (χ2n) is 3.49. The maximum atomic E-state index is 11.0. The van der Waals surface area contributed by atoms with Gasteiger partial charge in [0.2, 0.25) is 5.91 Å². The van der Waals surface area contributed by atoms with E-state index in [-0.39, 0.29) is 11.2 Å². The Morgan fingerprint density at radius 3 is 2.47 bits per heavy atom. The molecule has 0 radical (unpaired) electrons. The van der Waals surface area contributed by atoms with Gasteiger partial charge in [-0.15, -0.1) is 11.8 Å². The molecule has 0 aliphatic carbocycles. The lowest BCUT2D eigenvalue weighted by molar-refractivity contribution is -0.117. The third-order valence-corrected chi connectivity index (χ3v) is 3.89. The topological polar surface area (TPSA) is 43.1 Å². The van der Waals surface area contributed by atoms with Crippen LogP contribution in [0.4, 0.5) is 0 Å². The molecule has 0 bridgehead atoms. The monoisotopic (exact) mass is 223 g/mol. The molecule has 0 saturated carbocycles. The van der Waals surface area contributed by atoms with Crippen LogP contribution in [0.5, 0.6) is 0 Å². The highest BCUT2D eigenvalue weighted by molar-refractivity contribution is 8.00. The largest absolute Gasteiger partial charge is 0.369 e. The number of hydrogen-bond donors (Lipinski definition) is 1. The van der Waals surface area contributed by atoms with Crippen molar-refractivity contribution in [1.82, 2.24) is 0 Å². The molecule has 3 heteroatoms. The quantitative estimate of drug-likeness (QED) is 0.834. The average Bonchev–Trinajstić information content (AvgIpc) is 2.26. The van der Waals surface area contributed by atoms with Crippen LogP contribution in [0.15, 0.2) is 30.3 Å². The smallest absolute Gasteiger partial charge is 0.230 e. The van der Waals surface area contributed by atoms with Crippen LogP contribution in [-0.4, -0.2) is 11.2 Å². The minimum Gasteiger partial charge on any atom is -0.369 e. The summed E-state index contributed by atoms with van der Waals surface area (Å²) in [6, 6.07) is 10.2. The Bertz CT molecular complexity index is 313. The van der Waals surface area contributed by atoms with Crippen molar-refractivity contribution in [2.75, 3.05) is 0 Å². The molecule has 0 aliphatic heterocycles. The van der Waals surface area contributed by atoms with E-state index in [9.17, 15) is 4.79 Å². The highest BCUT2D eigenvalue weighted by Gasteiger charge is 2.17. The lowest BCUT2D eigenvalue weighted by Crippen LogP contribution is -2.23. The normalized spacial score (nSPS) is 14.5. The van der Waals surface area contributed by atoms with Gasteiger partial charge in [0.1, 0.15) is 0 Å². The third kappa shape index (κ3) is 3.59. The van der Waals surface area contributed by atoms with E-state index in [4.69, 9.17) is 5.73 Å². The summed E-state index contributed by atoms with van der Waals surface area (Å²) in [5, 5.41) is 0.226. The first-order valence-corrected chi connectivity index (χ1v) is 6.09. The molecular weight excluding hydrogens is 206 g/mol. The van der Waals surface area contributed by atoms with Gasteiger partial charge in [0.15, 0.2) is 0 Å². The fourth-order valence-electron chi connectivity index (χ4n) is 1.39. The van der Waals surface area contributed by atoms with Gasteiger partial charge in [0, 0.05) is 5.25 Å². The number of benzene rings is 1. The van der Waals surface area contributed by atoms with Gasteiger partial charge in [0.05, 0.1) is 5.25 Å². The minimum atomic E-state index is -0.241. The molecule has 0 aromatic heterocycles. The van der Waals surface area contributed by atoms with Gasteiger partial charge in [-0.25, -0.2) is 0 Å². The van der Waals surface area contributed by atoms with Crippen molar-refractivity contribution in [3.8, 4) is 0 Å². The van der Waals surface area contributed by atoms with Gasteiger partial charge >= 0.3 is 0 Å². The molecular formula is C12H17NOS. The summed E-state index contributed by atoms with van der Waals surface area (Å²) < 4.78 is 0. The van der Waals surface area contributed by atoms with Gasteiger partial charge < -0.3 is 5.73 Å². The number of carbonyl (C=O) groups excluding carboxylic acids is 1. The van der Waals surface area contributed by atoms with Gasteiger partial charge in [-0.1, -0.05) is 37.3 Å². The van der Waals surface area contributed by atoms with Crippen molar-refractivity contribution in [3.05, 3.63) is 35.9 Å². The Kier molecular flexibility index (Phi) is 4.69. The summed E-state index contributed by atoms with van der Waals surface area (Å²) >= 11 is 1.63. The molecule has 82 valence electrons. The van der Waals surface area contributed by atoms with E-state index in [0.717, 1.165) is 6.42 Å². The zero-order chi connectivity index (χ0) is 11.3. The Hall–Kier alpha value is -0.960. The van der Waals surface area contributed by atoms with E-state index in [0.29, 0.717) is 5.25 Å². The zero-order valence-corrected chi connectivity index (χ0v) is 9.96. The van der Waals surface area contributed by atoms with E-state index >= 15 is 0 Å². The number of rotatable bonds is 5. The van der Waals surface area contributed by atoms with Crippen LogP contribution >= 0.6 is 11.8 Å². The van der Waals surface area contributed by atoms with Crippen LogP contribution < -0.4 is 5.73 Å². The summed E-state index contributed by atoms with van der Waals surface area (Å²) in [5.41, 5.74) is 6.52. The average molecular weight is 223 g/mol. The van der Waals surface area contributed by atoms with Gasteiger partial charge in [-0.2, -0.15) is 0 Å². The molecule has 0 aliphatic rings. The second kappa shape index (κ2) is 5.81. The van der Waals surface area contributed by atoms with Crippen molar-refractivity contribution < 1.29 is 4.79 Å². The van der Waals surface area contributed by atoms with Crippen LogP contribution in [0, 0.1) is 0 Å². The molecule has 1 aromatic carbocycles. The fraction of sp³-hybridized carbons (Fsp3) is 0.417. The Balaban J connectivity index is 2.69. The van der Waals surface area contributed by atoms with Crippen molar-refractivity contribution in [1.29, 1.82) is 0 Å². The standard InChI is InChI=1S/C12H17NOS/c1-3-11(15-9(2)12(13)14)10-7-5-4-6-8-10/h4-9,11H,3H2,1-2H3,(H2,13,14)/t9-,11-/m0/s1. The van der Waals surface area contributed by atoms with E-state index in [2.05, 4.69) is 19.1 Å². The predicted octanol–water partition coefficient (Wildman–Crippen LogP) is 2.74. The minimum absolute atomic E-state index is 0.129. The van der Waals surface area contributed by atoms with Crippen molar-refractivity contribution in [3.63, 3.8) is 0 Å². The van der Waals surface area contributed by atoms with E-state index in [1.807, 2.05) is 25.1 Å². The molecule has 15 heavy (non-hydrogen) atoms. The first-order chi connectivity index (χ1) is 7.15. The maximum absolute atomic E-state index is 11.0. The van der Waals surface area contributed by atoms with Crippen LogP contribution in [0.2, 0.25) is 0 Å². The van der Waals surface area contributed by atoms with Gasteiger partial charge in [-0.3, -0.25) is 4.79 Å². The van der Waals surface area contributed by atoms with Crippen molar-refractivity contribution in [2.45, 2.75) is 30.8 Å². The van der Waals surface area contributed by atoms with Crippen molar-refractivity contribution >= 4 is 17.7 Å². The number of hydrogen-bond acceptors (Lipinski definition) is 2. The number of thioether (sulfide) groups is 1. The summed E-state index contributed by atoms with van der Waals surface area (Å²) in [5.74, 6) is -0.241. The number of amides is 1. The predicted molar refractivity (Wildman–Crippen MR) is 65.7 cm³/mol. The third-order valence-electron chi connectivity index (χ3n) is 2.31. The molecule has 0 heterocycles. The molecule has 1 aromatic rings. The van der Waals surface area contributed by atoms with Gasteiger partial charge in [-0.05, 0) is 18.9 Å². The number of nitrogens with two attached hydrogens (primary N) is 1. The highest BCUT2D eigenvalue weighted by atomic mass is 32.2. The molecule has 2 N–H and O–H groups in total.